The number of aromatic nitrogens is 2. The van der Waals surface area contributed by atoms with E-state index in [4.69, 9.17) is 11.6 Å². The molecule has 142 valence electrons. The molecule has 10 heteroatoms. The molecule has 3 rings (SSSR count). The third kappa shape index (κ3) is 4.68. The number of nitrogens with one attached hydrogen (secondary N) is 3. The van der Waals surface area contributed by atoms with Gasteiger partial charge in [0, 0.05) is 22.0 Å². The standard InChI is InChI=1S/C18H14ClN5O3S/c1-28(26,27)24-14-4-2-3-11(9-14)16-15(10-20)17(25)23-18(22-16)21-13-7-5-12(19)6-8-13/h2-9,24H,1H3,(H2,21,22,23,25). The summed E-state index contributed by atoms with van der Waals surface area (Å²) in [6.45, 7) is 0. The highest BCUT2D eigenvalue weighted by molar-refractivity contribution is 7.92. The molecule has 8 nitrogen and oxygen atoms in total. The van der Waals surface area contributed by atoms with Crippen LogP contribution in [0.25, 0.3) is 11.3 Å². The summed E-state index contributed by atoms with van der Waals surface area (Å²) in [7, 11) is -3.48. The molecule has 1 aromatic heterocycles. The average Bonchev–Trinajstić information content (AvgIpc) is 2.62. The lowest BCUT2D eigenvalue weighted by Gasteiger charge is -2.10. The van der Waals surface area contributed by atoms with Gasteiger partial charge in [-0.1, -0.05) is 23.7 Å². The summed E-state index contributed by atoms with van der Waals surface area (Å²) >= 11 is 5.86. The maximum absolute atomic E-state index is 12.3. The van der Waals surface area contributed by atoms with Crippen molar-refractivity contribution in [2.75, 3.05) is 16.3 Å². The highest BCUT2D eigenvalue weighted by Gasteiger charge is 2.14. The Labute approximate surface area is 165 Å². The Morgan fingerprint density at radius 3 is 2.50 bits per heavy atom. The van der Waals surface area contributed by atoms with Gasteiger partial charge in [-0.25, -0.2) is 13.4 Å². The molecule has 0 aliphatic rings. The van der Waals surface area contributed by atoms with Crippen LogP contribution in [0.4, 0.5) is 17.3 Å². The van der Waals surface area contributed by atoms with E-state index in [0.717, 1.165) is 6.26 Å². The number of benzene rings is 2. The highest BCUT2D eigenvalue weighted by Crippen LogP contribution is 2.25. The minimum absolute atomic E-state index is 0.125. The van der Waals surface area contributed by atoms with E-state index in [1.54, 1.807) is 42.5 Å². The van der Waals surface area contributed by atoms with Crippen molar-refractivity contribution in [2.45, 2.75) is 0 Å². The molecule has 0 saturated carbocycles. The molecule has 0 spiro atoms. The zero-order chi connectivity index (χ0) is 20.3. The molecule has 2 aromatic carbocycles. The van der Waals surface area contributed by atoms with E-state index in [1.807, 2.05) is 6.07 Å². The van der Waals surface area contributed by atoms with Gasteiger partial charge < -0.3 is 5.32 Å². The Kier molecular flexibility index (Phi) is 5.35. The topological polar surface area (TPSA) is 128 Å². The summed E-state index contributed by atoms with van der Waals surface area (Å²) in [5.41, 5.74) is 0.660. The van der Waals surface area contributed by atoms with Crippen LogP contribution >= 0.6 is 11.6 Å². The van der Waals surface area contributed by atoms with Gasteiger partial charge in [-0.05, 0) is 36.4 Å². The zero-order valence-corrected chi connectivity index (χ0v) is 16.1. The summed E-state index contributed by atoms with van der Waals surface area (Å²) in [5, 5.41) is 12.9. The van der Waals surface area contributed by atoms with E-state index in [9.17, 15) is 18.5 Å². The largest absolute Gasteiger partial charge is 0.326 e. The van der Waals surface area contributed by atoms with Gasteiger partial charge in [0.15, 0.2) is 0 Å². The van der Waals surface area contributed by atoms with Gasteiger partial charge in [-0.3, -0.25) is 14.5 Å². The second-order valence-corrected chi connectivity index (χ2v) is 8.02. The highest BCUT2D eigenvalue weighted by atomic mass is 35.5. The van der Waals surface area contributed by atoms with Gasteiger partial charge in [-0.15, -0.1) is 0 Å². The van der Waals surface area contributed by atoms with Crippen LogP contribution in [-0.2, 0) is 10.0 Å². The number of sulfonamides is 1. The van der Waals surface area contributed by atoms with E-state index < -0.39 is 15.6 Å². The predicted octanol–water partition coefficient (Wildman–Crippen LogP) is 3.08. The molecule has 0 aliphatic heterocycles. The smallest absolute Gasteiger partial charge is 0.270 e. The van der Waals surface area contributed by atoms with E-state index in [2.05, 4.69) is 20.0 Å². The van der Waals surface area contributed by atoms with Crippen LogP contribution in [0, 0.1) is 11.3 Å². The Morgan fingerprint density at radius 2 is 1.86 bits per heavy atom. The second kappa shape index (κ2) is 7.72. The summed E-state index contributed by atoms with van der Waals surface area (Å²) in [5.74, 6) is 0.128. The van der Waals surface area contributed by atoms with Gasteiger partial charge in [0.25, 0.3) is 5.56 Å². The molecule has 0 radical (unpaired) electrons. The number of halogens is 1. The summed E-state index contributed by atoms with van der Waals surface area (Å²) in [6.07, 6.45) is 1.03. The molecule has 28 heavy (non-hydrogen) atoms. The number of anilines is 3. The summed E-state index contributed by atoms with van der Waals surface area (Å²) in [4.78, 5) is 19.2. The van der Waals surface area contributed by atoms with Crippen molar-refractivity contribution >= 4 is 38.9 Å². The number of hydrogen-bond donors (Lipinski definition) is 3. The molecule has 0 aliphatic carbocycles. The second-order valence-electron chi connectivity index (χ2n) is 5.84. The molecular weight excluding hydrogens is 402 g/mol. The van der Waals surface area contributed by atoms with E-state index >= 15 is 0 Å². The van der Waals surface area contributed by atoms with E-state index in [1.165, 1.54) is 6.07 Å². The SMILES string of the molecule is CS(=O)(=O)Nc1cccc(-c2nc(Nc3ccc(Cl)cc3)[nH]c(=O)c2C#N)c1. The van der Waals surface area contributed by atoms with Crippen molar-refractivity contribution < 1.29 is 8.42 Å². The third-order valence-electron chi connectivity index (χ3n) is 3.58. The van der Waals surface area contributed by atoms with Gasteiger partial charge in [0.2, 0.25) is 16.0 Å². The maximum atomic E-state index is 12.3. The lowest BCUT2D eigenvalue weighted by atomic mass is 10.1. The zero-order valence-electron chi connectivity index (χ0n) is 14.5. The fourth-order valence-corrected chi connectivity index (χ4v) is 3.14. The van der Waals surface area contributed by atoms with Gasteiger partial charge >= 0.3 is 0 Å². The summed E-state index contributed by atoms with van der Waals surface area (Å²) < 4.78 is 25.3. The molecule has 0 unspecified atom stereocenters. The van der Waals surface area contributed by atoms with Gasteiger partial charge in [0.05, 0.1) is 11.9 Å². The van der Waals surface area contributed by atoms with Crippen molar-refractivity contribution in [1.29, 1.82) is 5.26 Å². The van der Waals surface area contributed by atoms with Gasteiger partial charge in [0.1, 0.15) is 11.6 Å². The average molecular weight is 416 g/mol. The van der Waals surface area contributed by atoms with Crippen LogP contribution in [0.3, 0.4) is 0 Å². The van der Waals surface area contributed by atoms with Crippen LogP contribution in [0.1, 0.15) is 5.56 Å². The summed E-state index contributed by atoms with van der Waals surface area (Å²) in [6, 6.07) is 14.9. The lowest BCUT2D eigenvalue weighted by Crippen LogP contribution is -2.16. The van der Waals surface area contributed by atoms with Crippen molar-refractivity contribution in [1.82, 2.24) is 9.97 Å². The molecule has 1 heterocycles. The van der Waals surface area contributed by atoms with E-state index in [0.29, 0.717) is 16.3 Å². The molecule has 0 bridgehead atoms. The van der Waals surface area contributed by atoms with Crippen molar-refractivity contribution in [2.24, 2.45) is 0 Å². The number of nitriles is 1. The quantitative estimate of drug-likeness (QED) is 0.587. The van der Waals surface area contributed by atoms with Crippen LogP contribution in [0.15, 0.2) is 53.3 Å². The Bertz CT molecular complexity index is 1230. The fourth-order valence-electron chi connectivity index (χ4n) is 2.46. The fraction of sp³-hybridized carbons (Fsp3) is 0.0556. The normalized spacial score (nSPS) is 10.9. The van der Waals surface area contributed by atoms with Crippen LogP contribution in [-0.4, -0.2) is 24.6 Å². The molecule has 0 atom stereocenters. The number of rotatable bonds is 5. The van der Waals surface area contributed by atoms with Crippen molar-refractivity contribution in [3.63, 3.8) is 0 Å². The molecule has 3 aromatic rings. The first kappa shape index (κ1) is 19.4. The predicted molar refractivity (Wildman–Crippen MR) is 108 cm³/mol. The monoisotopic (exact) mass is 415 g/mol. The van der Waals surface area contributed by atoms with Gasteiger partial charge in [-0.2, -0.15) is 5.26 Å². The van der Waals surface area contributed by atoms with E-state index in [-0.39, 0.29) is 22.9 Å². The first-order valence-corrected chi connectivity index (χ1v) is 10.2. The molecule has 0 fully saturated rings. The number of nitrogens with zero attached hydrogens (tertiary/aromatic N) is 2. The molecular formula is C18H14ClN5O3S. The number of aromatic amines is 1. The first-order valence-electron chi connectivity index (χ1n) is 7.90. The Morgan fingerprint density at radius 1 is 1.14 bits per heavy atom. The molecule has 0 amide bonds. The minimum Gasteiger partial charge on any atom is -0.326 e. The van der Waals surface area contributed by atoms with Crippen molar-refractivity contribution in [3.8, 4) is 17.3 Å². The van der Waals surface area contributed by atoms with Crippen LogP contribution in [0.2, 0.25) is 5.02 Å². The minimum atomic E-state index is -3.48. The number of H-pyrrole nitrogens is 1. The molecule has 3 N–H and O–H groups in total. The lowest BCUT2D eigenvalue weighted by molar-refractivity contribution is 0.607. The van der Waals surface area contributed by atoms with Crippen LogP contribution in [0.5, 0.6) is 0 Å². The third-order valence-corrected chi connectivity index (χ3v) is 4.44. The number of hydrogen-bond acceptors (Lipinski definition) is 6. The van der Waals surface area contributed by atoms with Crippen LogP contribution < -0.4 is 15.6 Å². The van der Waals surface area contributed by atoms with Crippen molar-refractivity contribution in [3.05, 3.63) is 69.5 Å². The Balaban J connectivity index is 2.06. The maximum Gasteiger partial charge on any atom is 0.270 e. The molecule has 0 saturated heterocycles. The first-order chi connectivity index (χ1) is 13.2. The Hall–Kier alpha value is -3.35.